The average molecular weight is 403 g/mol. The van der Waals surface area contributed by atoms with Crippen molar-refractivity contribution in [2.24, 2.45) is 5.10 Å². The molecule has 2 amide bonds. The van der Waals surface area contributed by atoms with Crippen LogP contribution in [-0.4, -0.2) is 22.4 Å². The van der Waals surface area contributed by atoms with Gasteiger partial charge in [-0.15, -0.1) is 0 Å². The Morgan fingerprint density at radius 1 is 1.14 bits per heavy atom. The number of hydrazone groups is 1. The lowest BCUT2D eigenvalue weighted by atomic mass is 10.1. The number of hydrogen-bond acceptors (Lipinski definition) is 5. The van der Waals surface area contributed by atoms with E-state index >= 15 is 0 Å². The maximum atomic E-state index is 12.0. The molecule has 146 valence electrons. The monoisotopic (exact) mass is 402 g/mol. The Morgan fingerprint density at radius 3 is 2.54 bits per heavy atom. The smallest absolute Gasteiger partial charge is 0.270 e. The predicted octanol–water partition coefficient (Wildman–Crippen LogP) is 3.82. The average Bonchev–Trinajstić information content (AvgIpc) is 2.68. The van der Waals surface area contributed by atoms with Gasteiger partial charge in [0.1, 0.15) is 0 Å². The third-order valence-corrected chi connectivity index (χ3v) is 4.35. The summed E-state index contributed by atoms with van der Waals surface area (Å²) in [4.78, 5) is 34.2. The van der Waals surface area contributed by atoms with E-state index in [0.29, 0.717) is 22.0 Å². The SMILES string of the molecule is C/C(=N\NC(=O)CCC(=O)Nc1cccc(Cl)c1C)c1cccc([N+](=O)[O-])c1. The van der Waals surface area contributed by atoms with E-state index in [4.69, 9.17) is 11.6 Å². The molecule has 0 aliphatic heterocycles. The standard InChI is InChI=1S/C19H19ClN4O4/c1-12-16(20)7-4-8-17(12)21-18(25)9-10-19(26)23-22-13(2)14-5-3-6-15(11-14)24(27)28/h3-8,11H,9-10H2,1-2H3,(H,21,25)(H,23,26)/b22-13+. The molecule has 0 spiro atoms. The maximum Gasteiger partial charge on any atom is 0.270 e. The third kappa shape index (κ3) is 5.88. The summed E-state index contributed by atoms with van der Waals surface area (Å²) in [6.45, 7) is 3.41. The Bertz CT molecular complexity index is 943. The summed E-state index contributed by atoms with van der Waals surface area (Å²) in [7, 11) is 0. The van der Waals surface area contributed by atoms with Crippen LogP contribution in [0.15, 0.2) is 47.6 Å². The van der Waals surface area contributed by atoms with E-state index in [9.17, 15) is 19.7 Å². The minimum atomic E-state index is -0.504. The quantitative estimate of drug-likeness (QED) is 0.416. The summed E-state index contributed by atoms with van der Waals surface area (Å²) in [5.41, 5.74) is 4.56. The van der Waals surface area contributed by atoms with Crippen molar-refractivity contribution < 1.29 is 14.5 Å². The number of carbonyl (C=O) groups is 2. The van der Waals surface area contributed by atoms with E-state index in [-0.39, 0.29) is 24.4 Å². The molecule has 2 aromatic rings. The molecular weight excluding hydrogens is 384 g/mol. The zero-order valence-electron chi connectivity index (χ0n) is 15.4. The highest BCUT2D eigenvalue weighted by Gasteiger charge is 2.10. The fourth-order valence-corrected chi connectivity index (χ4v) is 2.47. The van der Waals surface area contributed by atoms with Crippen molar-refractivity contribution in [3.8, 4) is 0 Å². The van der Waals surface area contributed by atoms with Crippen LogP contribution in [0, 0.1) is 17.0 Å². The van der Waals surface area contributed by atoms with Gasteiger partial charge in [-0.25, -0.2) is 5.43 Å². The summed E-state index contributed by atoms with van der Waals surface area (Å²) >= 11 is 6.01. The van der Waals surface area contributed by atoms with Gasteiger partial charge in [0.25, 0.3) is 5.69 Å². The van der Waals surface area contributed by atoms with E-state index < -0.39 is 10.8 Å². The first-order valence-corrected chi connectivity index (χ1v) is 8.78. The molecule has 0 aliphatic rings. The van der Waals surface area contributed by atoms with Gasteiger partial charge in [0, 0.05) is 41.2 Å². The van der Waals surface area contributed by atoms with Gasteiger partial charge in [-0.05, 0) is 31.5 Å². The summed E-state index contributed by atoms with van der Waals surface area (Å²) < 4.78 is 0. The van der Waals surface area contributed by atoms with E-state index in [0.717, 1.165) is 5.56 Å². The number of halogens is 1. The summed E-state index contributed by atoms with van der Waals surface area (Å²) in [5, 5.41) is 18.0. The van der Waals surface area contributed by atoms with Gasteiger partial charge in [0.2, 0.25) is 11.8 Å². The first-order valence-electron chi connectivity index (χ1n) is 8.41. The van der Waals surface area contributed by atoms with Crippen LogP contribution in [0.2, 0.25) is 5.02 Å². The number of carbonyl (C=O) groups excluding carboxylic acids is 2. The van der Waals surface area contributed by atoms with Gasteiger partial charge in [-0.1, -0.05) is 29.8 Å². The lowest BCUT2D eigenvalue weighted by molar-refractivity contribution is -0.384. The van der Waals surface area contributed by atoms with E-state index in [1.165, 1.54) is 18.2 Å². The molecule has 0 atom stereocenters. The number of nitrogens with one attached hydrogen (secondary N) is 2. The van der Waals surface area contributed by atoms with Crippen LogP contribution in [0.1, 0.15) is 30.9 Å². The number of benzene rings is 2. The van der Waals surface area contributed by atoms with Gasteiger partial charge < -0.3 is 5.32 Å². The molecule has 8 nitrogen and oxygen atoms in total. The maximum absolute atomic E-state index is 12.0. The molecule has 0 heterocycles. The van der Waals surface area contributed by atoms with E-state index in [2.05, 4.69) is 15.8 Å². The number of non-ortho nitro benzene ring substituents is 1. The van der Waals surface area contributed by atoms with E-state index in [1.54, 1.807) is 38.1 Å². The number of amides is 2. The number of nitro benzene ring substituents is 1. The summed E-state index contributed by atoms with van der Waals surface area (Å²) in [6, 6.07) is 11.1. The number of nitrogens with zero attached hydrogens (tertiary/aromatic N) is 2. The molecule has 9 heteroatoms. The Kier molecular flexibility index (Phi) is 7.22. The molecule has 2 N–H and O–H groups in total. The van der Waals surface area contributed by atoms with Gasteiger partial charge in [0.15, 0.2) is 0 Å². The highest BCUT2D eigenvalue weighted by atomic mass is 35.5. The Labute approximate surface area is 166 Å². The minimum Gasteiger partial charge on any atom is -0.326 e. The van der Waals surface area contributed by atoms with Crippen molar-refractivity contribution in [2.75, 3.05) is 5.32 Å². The van der Waals surface area contributed by atoms with E-state index in [1.807, 2.05) is 0 Å². The van der Waals surface area contributed by atoms with Crippen LogP contribution in [0.4, 0.5) is 11.4 Å². The molecular formula is C19H19ClN4O4. The molecule has 0 aromatic heterocycles. The molecule has 0 saturated carbocycles. The van der Waals surface area contributed by atoms with Crippen molar-refractivity contribution in [1.29, 1.82) is 0 Å². The van der Waals surface area contributed by atoms with Gasteiger partial charge >= 0.3 is 0 Å². The lowest BCUT2D eigenvalue weighted by Crippen LogP contribution is -2.22. The largest absolute Gasteiger partial charge is 0.326 e. The minimum absolute atomic E-state index is 0.0246. The summed E-state index contributed by atoms with van der Waals surface area (Å²) in [5.74, 6) is -0.761. The van der Waals surface area contributed by atoms with Crippen molar-refractivity contribution in [2.45, 2.75) is 26.7 Å². The first-order chi connectivity index (χ1) is 13.3. The second-order valence-corrected chi connectivity index (χ2v) is 6.41. The van der Waals surface area contributed by atoms with Crippen molar-refractivity contribution in [3.63, 3.8) is 0 Å². The highest BCUT2D eigenvalue weighted by molar-refractivity contribution is 6.31. The fraction of sp³-hybridized carbons (Fsp3) is 0.211. The number of hydrogen-bond donors (Lipinski definition) is 2. The molecule has 0 unspecified atom stereocenters. The third-order valence-electron chi connectivity index (χ3n) is 3.94. The zero-order valence-corrected chi connectivity index (χ0v) is 16.1. The van der Waals surface area contributed by atoms with Crippen molar-refractivity contribution in [1.82, 2.24) is 5.43 Å². The number of rotatable bonds is 7. The van der Waals surface area contributed by atoms with Gasteiger partial charge in [0.05, 0.1) is 10.6 Å². The molecule has 2 aromatic carbocycles. The Morgan fingerprint density at radius 2 is 1.82 bits per heavy atom. The molecule has 0 aliphatic carbocycles. The van der Waals surface area contributed by atoms with Crippen molar-refractivity contribution in [3.05, 3.63) is 68.7 Å². The van der Waals surface area contributed by atoms with Gasteiger partial charge in [-0.2, -0.15) is 5.10 Å². The Balaban J connectivity index is 1.87. The fourth-order valence-electron chi connectivity index (χ4n) is 2.29. The van der Waals surface area contributed by atoms with Crippen LogP contribution in [0.5, 0.6) is 0 Å². The first kappa shape index (κ1) is 21.0. The molecule has 0 radical (unpaired) electrons. The second kappa shape index (κ2) is 9.61. The predicted molar refractivity (Wildman–Crippen MR) is 108 cm³/mol. The van der Waals surface area contributed by atoms with Crippen LogP contribution < -0.4 is 10.7 Å². The summed E-state index contributed by atoms with van der Waals surface area (Å²) in [6.07, 6.45) is -0.0830. The highest BCUT2D eigenvalue weighted by Crippen LogP contribution is 2.23. The van der Waals surface area contributed by atoms with Crippen molar-refractivity contribution >= 4 is 40.5 Å². The Hall–Kier alpha value is -3.26. The molecule has 0 fully saturated rings. The van der Waals surface area contributed by atoms with Crippen LogP contribution >= 0.6 is 11.6 Å². The van der Waals surface area contributed by atoms with Gasteiger partial charge in [-0.3, -0.25) is 19.7 Å². The molecule has 2 rings (SSSR count). The number of anilines is 1. The molecule has 0 saturated heterocycles. The van der Waals surface area contributed by atoms with Crippen LogP contribution in [-0.2, 0) is 9.59 Å². The normalized spacial score (nSPS) is 11.0. The van der Waals surface area contributed by atoms with Crippen LogP contribution in [0.25, 0.3) is 0 Å². The zero-order chi connectivity index (χ0) is 20.7. The molecule has 28 heavy (non-hydrogen) atoms. The molecule has 0 bridgehead atoms. The number of nitro groups is 1. The van der Waals surface area contributed by atoms with Crippen LogP contribution in [0.3, 0.4) is 0 Å². The lowest BCUT2D eigenvalue weighted by Gasteiger charge is -2.09. The second-order valence-electron chi connectivity index (χ2n) is 6.00. The topological polar surface area (TPSA) is 114 Å².